The van der Waals surface area contributed by atoms with Gasteiger partial charge < -0.3 is 15.8 Å². The van der Waals surface area contributed by atoms with Crippen molar-refractivity contribution in [2.45, 2.75) is 64.0 Å². The quantitative estimate of drug-likeness (QED) is 0.799. The zero-order chi connectivity index (χ0) is 13.7. The van der Waals surface area contributed by atoms with Gasteiger partial charge in [-0.25, -0.2) is 0 Å². The molecule has 1 saturated heterocycles. The number of nitrogens with one attached hydrogen (secondary N) is 1. The number of hydrogen-bond donors (Lipinski definition) is 2. The van der Waals surface area contributed by atoms with E-state index in [0.717, 1.165) is 51.7 Å². The number of carbonyl (C=O) groups excluding carboxylic acids is 1. The molecule has 110 valence electrons. The van der Waals surface area contributed by atoms with E-state index in [1.807, 2.05) is 0 Å². The predicted molar refractivity (Wildman–Crippen MR) is 75.7 cm³/mol. The predicted octanol–water partition coefficient (Wildman–Crippen LogP) is 1.83. The van der Waals surface area contributed by atoms with Crippen LogP contribution in [0.5, 0.6) is 0 Å². The lowest BCUT2D eigenvalue weighted by Gasteiger charge is -2.30. The van der Waals surface area contributed by atoms with Gasteiger partial charge in [0, 0.05) is 12.5 Å². The van der Waals surface area contributed by atoms with Crippen LogP contribution in [0, 0.1) is 11.8 Å². The van der Waals surface area contributed by atoms with Crippen molar-refractivity contribution in [2.24, 2.45) is 17.6 Å². The normalized spacial score (nSPS) is 33.1. The summed E-state index contributed by atoms with van der Waals surface area (Å²) in [7, 11) is 0. The van der Waals surface area contributed by atoms with Gasteiger partial charge in [-0.3, -0.25) is 4.79 Å². The summed E-state index contributed by atoms with van der Waals surface area (Å²) in [6.45, 7) is 3.65. The minimum atomic E-state index is 0.143. The highest BCUT2D eigenvalue weighted by molar-refractivity contribution is 5.79. The molecule has 19 heavy (non-hydrogen) atoms. The van der Waals surface area contributed by atoms with Crippen LogP contribution in [0.4, 0.5) is 0 Å². The Morgan fingerprint density at radius 2 is 2.21 bits per heavy atom. The van der Waals surface area contributed by atoms with Gasteiger partial charge >= 0.3 is 0 Å². The molecule has 1 aliphatic carbocycles. The lowest BCUT2D eigenvalue weighted by Crippen LogP contribution is -2.44. The number of amides is 1. The lowest BCUT2D eigenvalue weighted by molar-refractivity contribution is -0.128. The molecule has 4 nitrogen and oxygen atoms in total. The molecule has 4 heteroatoms. The number of hydrogen-bond acceptors (Lipinski definition) is 3. The van der Waals surface area contributed by atoms with Gasteiger partial charge in [0.25, 0.3) is 0 Å². The van der Waals surface area contributed by atoms with Gasteiger partial charge in [0.1, 0.15) is 0 Å². The Kier molecular flexibility index (Phi) is 5.64. The molecule has 0 spiro atoms. The zero-order valence-corrected chi connectivity index (χ0v) is 12.1. The van der Waals surface area contributed by atoms with Crippen molar-refractivity contribution in [1.29, 1.82) is 0 Å². The molecule has 0 aromatic rings. The minimum Gasteiger partial charge on any atom is -0.376 e. The van der Waals surface area contributed by atoms with Crippen molar-refractivity contribution < 1.29 is 9.53 Å². The van der Waals surface area contributed by atoms with Gasteiger partial charge in [-0.15, -0.1) is 0 Å². The average molecular weight is 268 g/mol. The number of carbonyl (C=O) groups is 1. The molecule has 1 saturated carbocycles. The molecule has 1 amide bonds. The number of rotatable bonds is 5. The zero-order valence-electron chi connectivity index (χ0n) is 12.1. The summed E-state index contributed by atoms with van der Waals surface area (Å²) >= 11 is 0. The highest BCUT2D eigenvalue weighted by Crippen LogP contribution is 2.31. The number of nitrogens with two attached hydrogens (primary N) is 1. The first-order chi connectivity index (χ1) is 9.20. The monoisotopic (exact) mass is 268 g/mol. The average Bonchev–Trinajstić information content (AvgIpc) is 2.93. The Balaban J connectivity index is 1.78. The molecule has 3 N–H and O–H groups in total. The van der Waals surface area contributed by atoms with Crippen LogP contribution in [0.2, 0.25) is 0 Å². The van der Waals surface area contributed by atoms with Gasteiger partial charge in [0.05, 0.1) is 12.1 Å². The Morgan fingerprint density at radius 3 is 2.89 bits per heavy atom. The first kappa shape index (κ1) is 14.8. The first-order valence-corrected chi connectivity index (χ1v) is 7.82. The van der Waals surface area contributed by atoms with Crippen molar-refractivity contribution in [2.75, 3.05) is 13.2 Å². The molecule has 2 aliphatic rings. The van der Waals surface area contributed by atoms with E-state index in [1.165, 1.54) is 6.42 Å². The molecule has 0 bridgehead atoms. The maximum atomic E-state index is 12.3. The van der Waals surface area contributed by atoms with Crippen LogP contribution in [0.15, 0.2) is 0 Å². The van der Waals surface area contributed by atoms with Crippen molar-refractivity contribution in [3.63, 3.8) is 0 Å². The summed E-state index contributed by atoms with van der Waals surface area (Å²) in [5.74, 6) is 1.06. The molecule has 1 aliphatic heterocycles. The van der Waals surface area contributed by atoms with Crippen molar-refractivity contribution in [3.05, 3.63) is 0 Å². The first-order valence-electron chi connectivity index (χ1n) is 7.82. The summed E-state index contributed by atoms with van der Waals surface area (Å²) in [6.07, 6.45) is 7.92. The Morgan fingerprint density at radius 1 is 1.37 bits per heavy atom. The van der Waals surface area contributed by atoms with Gasteiger partial charge in [-0.1, -0.05) is 12.8 Å². The fraction of sp³-hybridized carbons (Fsp3) is 0.933. The van der Waals surface area contributed by atoms with E-state index in [0.29, 0.717) is 5.92 Å². The van der Waals surface area contributed by atoms with Crippen LogP contribution in [-0.4, -0.2) is 31.2 Å². The van der Waals surface area contributed by atoms with E-state index >= 15 is 0 Å². The van der Waals surface area contributed by atoms with Crippen LogP contribution in [-0.2, 0) is 9.53 Å². The Labute approximate surface area is 116 Å². The molecule has 0 aromatic heterocycles. The van der Waals surface area contributed by atoms with Crippen molar-refractivity contribution >= 4 is 5.91 Å². The molecule has 0 radical (unpaired) electrons. The molecular formula is C15H28N2O2. The fourth-order valence-corrected chi connectivity index (χ4v) is 3.46. The van der Waals surface area contributed by atoms with E-state index in [-0.39, 0.29) is 24.0 Å². The molecule has 4 atom stereocenters. The van der Waals surface area contributed by atoms with Gasteiger partial charge in [-0.05, 0) is 51.5 Å². The summed E-state index contributed by atoms with van der Waals surface area (Å²) in [4.78, 5) is 12.3. The van der Waals surface area contributed by atoms with Crippen LogP contribution in [0.25, 0.3) is 0 Å². The smallest absolute Gasteiger partial charge is 0.223 e. The fourth-order valence-electron chi connectivity index (χ4n) is 3.46. The highest BCUT2D eigenvalue weighted by atomic mass is 16.5. The van der Waals surface area contributed by atoms with Gasteiger partial charge in [-0.2, -0.15) is 0 Å². The lowest BCUT2D eigenvalue weighted by atomic mass is 9.79. The number of ether oxygens (including phenoxy) is 1. The second-order valence-corrected chi connectivity index (χ2v) is 6.16. The molecular weight excluding hydrogens is 240 g/mol. The Bertz CT molecular complexity index is 288. The third kappa shape index (κ3) is 4.18. The molecule has 2 rings (SSSR count). The van der Waals surface area contributed by atoms with Crippen LogP contribution in [0.1, 0.15) is 51.9 Å². The minimum absolute atomic E-state index is 0.143. The molecule has 0 aromatic carbocycles. The second kappa shape index (κ2) is 7.25. The molecule has 2 fully saturated rings. The molecule has 1 heterocycles. The SMILES string of the molecule is CC(NC(=O)C1CCCC(CCN)C1)C1CCCO1. The maximum absolute atomic E-state index is 12.3. The van der Waals surface area contributed by atoms with Gasteiger partial charge in [0.2, 0.25) is 5.91 Å². The highest BCUT2D eigenvalue weighted by Gasteiger charge is 2.30. The van der Waals surface area contributed by atoms with Crippen LogP contribution in [0.3, 0.4) is 0 Å². The van der Waals surface area contributed by atoms with Gasteiger partial charge in [0.15, 0.2) is 0 Å². The Hall–Kier alpha value is -0.610. The van der Waals surface area contributed by atoms with E-state index < -0.39 is 0 Å². The maximum Gasteiger partial charge on any atom is 0.223 e. The third-order valence-electron chi connectivity index (χ3n) is 4.62. The summed E-state index contributed by atoms with van der Waals surface area (Å²) in [6, 6.07) is 0.143. The standard InChI is InChI=1S/C15H28N2O2/c1-11(14-6-3-9-19-14)17-15(18)13-5-2-4-12(10-13)7-8-16/h11-14H,2-10,16H2,1H3,(H,17,18). The van der Waals surface area contributed by atoms with E-state index in [9.17, 15) is 4.79 Å². The van der Waals surface area contributed by atoms with E-state index in [2.05, 4.69) is 12.2 Å². The van der Waals surface area contributed by atoms with E-state index in [4.69, 9.17) is 10.5 Å². The van der Waals surface area contributed by atoms with Crippen molar-refractivity contribution in [3.8, 4) is 0 Å². The largest absolute Gasteiger partial charge is 0.376 e. The topological polar surface area (TPSA) is 64.4 Å². The van der Waals surface area contributed by atoms with Crippen molar-refractivity contribution in [1.82, 2.24) is 5.32 Å². The third-order valence-corrected chi connectivity index (χ3v) is 4.62. The second-order valence-electron chi connectivity index (χ2n) is 6.16. The van der Waals surface area contributed by atoms with E-state index in [1.54, 1.807) is 0 Å². The van der Waals surface area contributed by atoms with Crippen LogP contribution < -0.4 is 11.1 Å². The summed E-state index contributed by atoms with van der Waals surface area (Å²) in [5, 5.41) is 3.16. The molecule has 4 unspecified atom stereocenters. The van der Waals surface area contributed by atoms with Crippen LogP contribution >= 0.6 is 0 Å². The summed E-state index contributed by atoms with van der Waals surface area (Å²) in [5.41, 5.74) is 5.63. The summed E-state index contributed by atoms with van der Waals surface area (Å²) < 4.78 is 5.63.